The zero-order valence-electron chi connectivity index (χ0n) is 8.30. The van der Waals surface area contributed by atoms with Crippen molar-refractivity contribution >= 4 is 29.9 Å². The van der Waals surface area contributed by atoms with Crippen molar-refractivity contribution in [3.05, 3.63) is 10.6 Å². The number of β-lactam (4-membered cyclic amide) rings is 1. The van der Waals surface area contributed by atoms with Crippen LogP contribution in [0.4, 0.5) is 0 Å². The van der Waals surface area contributed by atoms with E-state index < -0.39 is 11.9 Å². The molecular formula is C9H10N3O3S. The molecule has 85 valence electrons. The third-order valence-corrected chi connectivity index (χ3v) is 3.90. The van der Waals surface area contributed by atoms with E-state index in [-0.39, 0.29) is 23.4 Å². The first kappa shape index (κ1) is 11.2. The monoisotopic (exact) mass is 240 g/mol. The number of amides is 2. The molecule has 1 fully saturated rings. The Bertz CT molecular complexity index is 407. The second-order valence-electron chi connectivity index (χ2n) is 3.63. The van der Waals surface area contributed by atoms with Gasteiger partial charge in [0, 0.05) is 17.4 Å². The zero-order valence-corrected chi connectivity index (χ0v) is 9.12. The first-order valence-corrected chi connectivity index (χ1v) is 5.57. The zero-order chi connectivity index (χ0) is 11.9. The molecule has 2 amide bonds. The molecule has 2 rings (SSSR count). The Morgan fingerprint density at radius 3 is 2.88 bits per heavy atom. The second-order valence-corrected chi connectivity index (χ2v) is 4.85. The Balaban J connectivity index is 2.21. The van der Waals surface area contributed by atoms with E-state index in [1.807, 2.05) is 0 Å². The molecule has 2 atom stereocenters. The lowest BCUT2D eigenvalue weighted by atomic mass is 10.1. The van der Waals surface area contributed by atoms with Gasteiger partial charge in [-0.15, -0.1) is 11.8 Å². The molecule has 0 bridgehead atoms. The SMILES string of the molecule is NC(=O)CC(N)C1=C([C]=O)N2C(=O)C[C@H]2S1. The average molecular weight is 240 g/mol. The van der Waals surface area contributed by atoms with Crippen LogP contribution in [0.2, 0.25) is 0 Å². The Labute approximate surface area is 96.0 Å². The third-order valence-electron chi connectivity index (χ3n) is 2.50. The molecule has 0 aromatic heterocycles. The van der Waals surface area contributed by atoms with Crippen LogP contribution in [-0.2, 0) is 14.4 Å². The van der Waals surface area contributed by atoms with Crippen molar-refractivity contribution in [2.75, 3.05) is 0 Å². The molecule has 0 aromatic rings. The Hall–Kier alpha value is -1.34. The molecule has 2 aliphatic heterocycles. The number of thioether (sulfide) groups is 1. The summed E-state index contributed by atoms with van der Waals surface area (Å²) in [5.74, 6) is -0.649. The highest BCUT2D eigenvalue weighted by atomic mass is 32.2. The highest BCUT2D eigenvalue weighted by molar-refractivity contribution is 8.04. The van der Waals surface area contributed by atoms with Crippen LogP contribution >= 0.6 is 11.8 Å². The number of allylic oxidation sites excluding steroid dienone is 1. The highest BCUT2D eigenvalue weighted by Gasteiger charge is 2.47. The van der Waals surface area contributed by atoms with Crippen molar-refractivity contribution in [2.45, 2.75) is 24.3 Å². The lowest BCUT2D eigenvalue weighted by Gasteiger charge is -2.33. The predicted molar refractivity (Wildman–Crippen MR) is 57.3 cm³/mol. The standard InChI is InChI=1S/C9H10N3O3S/c10-4(1-6(11)14)9-5(3-13)12-7(15)2-8(12)16-9/h4,8H,1-2,10H2,(H2,11,14)/t4?,8-/m1/s1. The molecule has 2 aliphatic rings. The van der Waals surface area contributed by atoms with Crippen molar-refractivity contribution < 1.29 is 14.4 Å². The van der Waals surface area contributed by atoms with E-state index in [1.54, 1.807) is 6.29 Å². The fraction of sp³-hybridized carbons (Fsp3) is 0.444. The highest BCUT2D eigenvalue weighted by Crippen LogP contribution is 2.46. The van der Waals surface area contributed by atoms with Crippen LogP contribution in [0, 0.1) is 0 Å². The molecule has 1 radical (unpaired) electrons. The quantitative estimate of drug-likeness (QED) is 0.601. The summed E-state index contributed by atoms with van der Waals surface area (Å²) >= 11 is 1.34. The number of fused-ring (bicyclic) bond motifs is 1. The van der Waals surface area contributed by atoms with Gasteiger partial charge in [0.1, 0.15) is 5.70 Å². The Kier molecular flexibility index (Phi) is 2.73. The molecule has 6 nitrogen and oxygen atoms in total. The van der Waals surface area contributed by atoms with Gasteiger partial charge in [-0.05, 0) is 0 Å². The van der Waals surface area contributed by atoms with Crippen LogP contribution in [0.3, 0.4) is 0 Å². The molecule has 0 aliphatic carbocycles. The minimum absolute atomic E-state index is 0.0394. The molecule has 1 unspecified atom stereocenters. The largest absolute Gasteiger partial charge is 0.370 e. The van der Waals surface area contributed by atoms with E-state index in [0.29, 0.717) is 11.3 Å². The number of nitrogens with zero attached hydrogens (tertiary/aromatic N) is 1. The first-order chi connectivity index (χ1) is 7.54. The maximum Gasteiger partial charge on any atom is 0.252 e. The summed E-state index contributed by atoms with van der Waals surface area (Å²) in [6.07, 6.45) is 2.06. The fourth-order valence-corrected chi connectivity index (χ4v) is 3.10. The van der Waals surface area contributed by atoms with Gasteiger partial charge in [-0.2, -0.15) is 0 Å². The topological polar surface area (TPSA) is 106 Å². The fourth-order valence-electron chi connectivity index (χ4n) is 1.74. The molecule has 7 heteroatoms. The van der Waals surface area contributed by atoms with Crippen LogP contribution in [0.5, 0.6) is 0 Å². The van der Waals surface area contributed by atoms with E-state index in [1.165, 1.54) is 16.7 Å². The van der Waals surface area contributed by atoms with Crippen LogP contribution in [-0.4, -0.2) is 34.4 Å². The van der Waals surface area contributed by atoms with E-state index in [4.69, 9.17) is 11.5 Å². The van der Waals surface area contributed by atoms with Crippen molar-refractivity contribution in [1.29, 1.82) is 0 Å². The summed E-state index contributed by atoms with van der Waals surface area (Å²) in [5, 5.41) is -0.0575. The van der Waals surface area contributed by atoms with Gasteiger partial charge in [-0.3, -0.25) is 19.3 Å². The molecule has 4 N–H and O–H groups in total. The summed E-state index contributed by atoms with van der Waals surface area (Å²) in [5.41, 5.74) is 10.9. The third kappa shape index (κ3) is 1.61. The molecule has 16 heavy (non-hydrogen) atoms. The number of hydrogen-bond acceptors (Lipinski definition) is 5. The van der Waals surface area contributed by atoms with Gasteiger partial charge in [-0.25, -0.2) is 0 Å². The maximum absolute atomic E-state index is 11.2. The lowest BCUT2D eigenvalue weighted by Crippen LogP contribution is -2.47. The predicted octanol–water partition coefficient (Wildman–Crippen LogP) is -1.18. The summed E-state index contributed by atoms with van der Waals surface area (Å²) in [6, 6.07) is -0.627. The molecule has 1 saturated heterocycles. The number of hydrogen-bond donors (Lipinski definition) is 2. The molecule has 0 spiro atoms. The van der Waals surface area contributed by atoms with Gasteiger partial charge >= 0.3 is 0 Å². The summed E-state index contributed by atoms with van der Waals surface area (Å²) in [7, 11) is 0. The van der Waals surface area contributed by atoms with Crippen LogP contribution in [0.25, 0.3) is 0 Å². The molecular weight excluding hydrogens is 230 g/mol. The van der Waals surface area contributed by atoms with Crippen molar-refractivity contribution in [1.82, 2.24) is 4.90 Å². The normalized spacial score (nSPS) is 25.2. The van der Waals surface area contributed by atoms with Crippen molar-refractivity contribution in [3.8, 4) is 0 Å². The van der Waals surface area contributed by atoms with Gasteiger partial charge in [0.2, 0.25) is 11.8 Å². The van der Waals surface area contributed by atoms with E-state index in [9.17, 15) is 14.4 Å². The number of primary amides is 1. The minimum Gasteiger partial charge on any atom is -0.370 e. The first-order valence-electron chi connectivity index (χ1n) is 4.69. The minimum atomic E-state index is -0.627. The van der Waals surface area contributed by atoms with Gasteiger partial charge in [-0.1, -0.05) is 0 Å². The molecule has 0 saturated carbocycles. The van der Waals surface area contributed by atoms with Crippen LogP contribution in [0.15, 0.2) is 10.6 Å². The summed E-state index contributed by atoms with van der Waals surface area (Å²) in [6.45, 7) is 0. The number of nitrogens with two attached hydrogens (primary N) is 2. The van der Waals surface area contributed by atoms with Crippen molar-refractivity contribution in [2.24, 2.45) is 11.5 Å². The number of carbonyl (C=O) groups excluding carboxylic acids is 3. The van der Waals surface area contributed by atoms with Gasteiger partial charge in [0.05, 0.1) is 11.8 Å². The van der Waals surface area contributed by atoms with E-state index in [0.717, 1.165) is 0 Å². The lowest BCUT2D eigenvalue weighted by molar-refractivity contribution is -0.137. The Morgan fingerprint density at radius 1 is 1.69 bits per heavy atom. The summed E-state index contributed by atoms with van der Waals surface area (Å²) < 4.78 is 0. The summed E-state index contributed by atoms with van der Waals surface area (Å²) in [4.78, 5) is 34.7. The van der Waals surface area contributed by atoms with Gasteiger partial charge < -0.3 is 11.5 Å². The maximum atomic E-state index is 11.2. The Morgan fingerprint density at radius 2 is 2.38 bits per heavy atom. The molecule has 2 heterocycles. The van der Waals surface area contributed by atoms with Gasteiger partial charge in [0.25, 0.3) is 6.29 Å². The average Bonchev–Trinajstić information content (AvgIpc) is 2.49. The second kappa shape index (κ2) is 3.91. The van der Waals surface area contributed by atoms with Crippen LogP contribution in [0.1, 0.15) is 12.8 Å². The number of carbonyl (C=O) groups is 2. The van der Waals surface area contributed by atoms with E-state index >= 15 is 0 Å². The smallest absolute Gasteiger partial charge is 0.252 e. The number of rotatable bonds is 4. The van der Waals surface area contributed by atoms with Crippen LogP contribution < -0.4 is 11.5 Å². The van der Waals surface area contributed by atoms with Gasteiger partial charge in [0.15, 0.2) is 0 Å². The van der Waals surface area contributed by atoms with Crippen molar-refractivity contribution in [3.63, 3.8) is 0 Å². The molecule has 0 aromatic carbocycles. The van der Waals surface area contributed by atoms with E-state index in [2.05, 4.69) is 0 Å².